The number of carboxylic acids is 1. The summed E-state index contributed by atoms with van der Waals surface area (Å²) < 4.78 is 5.74. The first-order valence-electron chi connectivity index (χ1n) is 13.7. The van der Waals surface area contributed by atoms with E-state index in [4.69, 9.17) is 16.2 Å². The molecule has 1 saturated carbocycles. The second-order valence-corrected chi connectivity index (χ2v) is 10.3. The van der Waals surface area contributed by atoms with Gasteiger partial charge in [0.15, 0.2) is 0 Å². The van der Waals surface area contributed by atoms with E-state index in [1.165, 1.54) is 0 Å². The Kier molecular flexibility index (Phi) is 12.2. The number of nitrogens with one attached hydrogen (secondary N) is 2. The molecule has 1 aliphatic carbocycles. The summed E-state index contributed by atoms with van der Waals surface area (Å²) in [4.78, 5) is 38.7. The minimum atomic E-state index is -1.03. The van der Waals surface area contributed by atoms with Gasteiger partial charge in [-0.25, -0.2) is 4.79 Å². The molecule has 1 aliphatic heterocycles. The standard InChI is InChI=1S/C23H29N3O4.C6H12N2O/c24-14-17-1-5-19(6-2-17)22(27)26-21(23(28)29)13-16-3-7-20(8-4-16)30-15-18-9-11-25-12-10-18;7-6(9)5-1-3-8-4-2-5/h3-4,7-12,17,19,21H,1-2,5-6,13-15,24H2,(H,26,27)(H,28,29);5,8H,1-4H2,(H2,7,9)/t17?,19?,21-;/m0./s1. The second kappa shape index (κ2) is 15.8. The second-order valence-electron chi connectivity index (χ2n) is 10.3. The van der Waals surface area contributed by atoms with Crippen LogP contribution < -0.4 is 26.8 Å². The van der Waals surface area contributed by atoms with E-state index in [9.17, 15) is 19.5 Å². The number of nitrogens with two attached hydrogens (primary N) is 2. The molecule has 2 amide bonds. The number of aliphatic carboxylic acids is 1. The van der Waals surface area contributed by atoms with Crippen LogP contribution in [0.5, 0.6) is 5.75 Å². The zero-order chi connectivity index (χ0) is 28.0. The van der Waals surface area contributed by atoms with Crippen LogP contribution in [0.3, 0.4) is 0 Å². The number of benzene rings is 1. The third-order valence-electron chi connectivity index (χ3n) is 7.43. The normalized spacial score (nSPS) is 20.1. The van der Waals surface area contributed by atoms with Crippen molar-refractivity contribution in [2.45, 2.75) is 57.6 Å². The smallest absolute Gasteiger partial charge is 0.326 e. The minimum absolute atomic E-state index is 0.126. The van der Waals surface area contributed by atoms with E-state index in [2.05, 4.69) is 15.6 Å². The van der Waals surface area contributed by atoms with Crippen molar-refractivity contribution in [3.05, 3.63) is 59.9 Å². The number of aromatic nitrogens is 1. The average molecular weight is 540 g/mol. The van der Waals surface area contributed by atoms with Crippen LogP contribution in [0.4, 0.5) is 0 Å². The number of carbonyl (C=O) groups is 3. The van der Waals surface area contributed by atoms with Gasteiger partial charge in [0.25, 0.3) is 0 Å². The summed E-state index contributed by atoms with van der Waals surface area (Å²) in [7, 11) is 0. The van der Waals surface area contributed by atoms with Gasteiger partial charge in [0.2, 0.25) is 11.8 Å². The van der Waals surface area contributed by atoms with Crippen molar-refractivity contribution in [3.63, 3.8) is 0 Å². The van der Waals surface area contributed by atoms with E-state index in [1.54, 1.807) is 12.4 Å². The Bertz CT molecular complexity index is 1040. The molecule has 2 heterocycles. The number of hydrogen-bond donors (Lipinski definition) is 5. The Hall–Kier alpha value is -3.50. The predicted octanol–water partition coefficient (Wildman–Crippen LogP) is 2.01. The number of hydrogen-bond acceptors (Lipinski definition) is 7. The predicted molar refractivity (Wildman–Crippen MR) is 148 cm³/mol. The first-order valence-corrected chi connectivity index (χ1v) is 13.7. The highest BCUT2D eigenvalue weighted by Crippen LogP contribution is 2.28. The van der Waals surface area contributed by atoms with Crippen molar-refractivity contribution in [2.75, 3.05) is 19.6 Å². The van der Waals surface area contributed by atoms with Crippen LogP contribution in [0.15, 0.2) is 48.8 Å². The molecule has 2 aliphatic rings. The molecule has 0 spiro atoms. The quantitative estimate of drug-likeness (QED) is 0.305. The highest BCUT2D eigenvalue weighted by atomic mass is 16.5. The lowest BCUT2D eigenvalue weighted by molar-refractivity contribution is -0.142. The molecule has 2 aromatic rings. The number of carboxylic acid groups (broad SMARTS) is 1. The molecular weight excluding hydrogens is 498 g/mol. The van der Waals surface area contributed by atoms with Gasteiger partial charge < -0.3 is 31.9 Å². The van der Waals surface area contributed by atoms with Gasteiger partial charge in [-0.15, -0.1) is 0 Å². The molecule has 10 heteroatoms. The van der Waals surface area contributed by atoms with Gasteiger partial charge in [0.1, 0.15) is 18.4 Å². The number of nitrogens with zero attached hydrogens (tertiary/aromatic N) is 1. The number of ether oxygens (including phenoxy) is 1. The maximum absolute atomic E-state index is 12.5. The molecule has 7 N–H and O–H groups in total. The third-order valence-corrected chi connectivity index (χ3v) is 7.43. The molecule has 0 bridgehead atoms. The van der Waals surface area contributed by atoms with Crippen molar-refractivity contribution in [1.82, 2.24) is 15.6 Å². The molecule has 10 nitrogen and oxygen atoms in total. The first kappa shape index (κ1) is 30.0. The summed E-state index contributed by atoms with van der Waals surface area (Å²) >= 11 is 0. The van der Waals surface area contributed by atoms with Crippen molar-refractivity contribution in [1.29, 1.82) is 0 Å². The van der Waals surface area contributed by atoms with Gasteiger partial charge in [0, 0.05) is 30.7 Å². The molecule has 1 aromatic carbocycles. The van der Waals surface area contributed by atoms with Gasteiger partial charge in [-0.05, 0) is 99.5 Å². The van der Waals surface area contributed by atoms with Crippen LogP contribution in [0, 0.1) is 17.8 Å². The zero-order valence-electron chi connectivity index (χ0n) is 22.4. The van der Waals surface area contributed by atoms with E-state index in [0.717, 1.165) is 62.7 Å². The van der Waals surface area contributed by atoms with Crippen LogP contribution in [-0.4, -0.2) is 53.6 Å². The highest BCUT2D eigenvalue weighted by molar-refractivity contribution is 5.85. The Morgan fingerprint density at radius 2 is 1.59 bits per heavy atom. The number of amides is 2. The third kappa shape index (κ3) is 10.3. The van der Waals surface area contributed by atoms with Gasteiger partial charge in [-0.1, -0.05) is 12.1 Å². The van der Waals surface area contributed by atoms with Crippen molar-refractivity contribution >= 4 is 17.8 Å². The molecule has 39 heavy (non-hydrogen) atoms. The lowest BCUT2D eigenvalue weighted by atomic mass is 9.81. The van der Waals surface area contributed by atoms with Crippen LogP contribution in [0.1, 0.15) is 49.7 Å². The topological polar surface area (TPSA) is 170 Å². The molecule has 2 fully saturated rings. The first-order chi connectivity index (χ1) is 18.9. The Balaban J connectivity index is 0.000000395. The molecule has 0 radical (unpaired) electrons. The molecule has 1 atom stereocenters. The summed E-state index contributed by atoms with van der Waals surface area (Å²) in [5.41, 5.74) is 12.6. The molecule has 212 valence electrons. The van der Waals surface area contributed by atoms with Gasteiger partial charge >= 0.3 is 5.97 Å². The summed E-state index contributed by atoms with van der Waals surface area (Å²) in [5, 5.41) is 15.4. The van der Waals surface area contributed by atoms with Gasteiger partial charge in [-0.3, -0.25) is 14.6 Å². The SMILES string of the molecule is NC(=O)C1CCNCC1.NCC1CCC(C(=O)N[C@@H](Cc2ccc(OCc3ccncc3)cc2)C(=O)O)CC1. The van der Waals surface area contributed by atoms with Crippen LogP contribution in [0.25, 0.3) is 0 Å². The Labute approximate surface area is 229 Å². The summed E-state index contributed by atoms with van der Waals surface area (Å²) in [5.74, 6) is -0.166. The average Bonchev–Trinajstić information content (AvgIpc) is 2.97. The number of piperidine rings is 1. The van der Waals surface area contributed by atoms with E-state index in [1.807, 2.05) is 36.4 Å². The molecule has 1 saturated heterocycles. The minimum Gasteiger partial charge on any atom is -0.489 e. The summed E-state index contributed by atoms with van der Waals surface area (Å²) in [6.07, 6.45) is 8.86. The van der Waals surface area contributed by atoms with E-state index >= 15 is 0 Å². The number of carbonyl (C=O) groups excluding carboxylic acids is 2. The fraction of sp³-hybridized carbons (Fsp3) is 0.517. The summed E-state index contributed by atoms with van der Waals surface area (Å²) in [6, 6.07) is 10.1. The highest BCUT2D eigenvalue weighted by Gasteiger charge is 2.29. The van der Waals surface area contributed by atoms with E-state index < -0.39 is 12.0 Å². The molecule has 4 rings (SSSR count). The van der Waals surface area contributed by atoms with Crippen molar-refractivity contribution < 1.29 is 24.2 Å². The fourth-order valence-corrected chi connectivity index (χ4v) is 4.86. The summed E-state index contributed by atoms with van der Waals surface area (Å²) in [6.45, 7) is 2.96. The monoisotopic (exact) mass is 539 g/mol. The number of rotatable bonds is 10. The van der Waals surface area contributed by atoms with Crippen molar-refractivity contribution in [3.8, 4) is 5.75 Å². The zero-order valence-corrected chi connectivity index (χ0v) is 22.4. The van der Waals surface area contributed by atoms with E-state index in [0.29, 0.717) is 24.8 Å². The Morgan fingerprint density at radius 1 is 0.949 bits per heavy atom. The largest absolute Gasteiger partial charge is 0.489 e. The lowest BCUT2D eigenvalue weighted by Gasteiger charge is -2.27. The molecule has 1 aromatic heterocycles. The Morgan fingerprint density at radius 3 is 2.13 bits per heavy atom. The number of primary amides is 1. The van der Waals surface area contributed by atoms with Gasteiger partial charge in [0.05, 0.1) is 0 Å². The van der Waals surface area contributed by atoms with Crippen molar-refractivity contribution in [2.24, 2.45) is 29.2 Å². The van der Waals surface area contributed by atoms with Gasteiger partial charge in [-0.2, -0.15) is 0 Å². The molecular formula is C29H41N5O5. The van der Waals surface area contributed by atoms with E-state index in [-0.39, 0.29) is 30.1 Å². The van der Waals surface area contributed by atoms with Crippen LogP contribution in [-0.2, 0) is 27.4 Å². The fourth-order valence-electron chi connectivity index (χ4n) is 4.86. The molecule has 0 unspecified atom stereocenters. The maximum Gasteiger partial charge on any atom is 0.326 e. The number of pyridine rings is 1. The van der Waals surface area contributed by atoms with Crippen LogP contribution in [0.2, 0.25) is 0 Å². The lowest BCUT2D eigenvalue weighted by Crippen LogP contribution is -2.45. The van der Waals surface area contributed by atoms with Crippen LogP contribution >= 0.6 is 0 Å². The maximum atomic E-state index is 12.5.